The Balaban J connectivity index is 1.99. The molecule has 16 heavy (non-hydrogen) atoms. The van der Waals surface area contributed by atoms with Crippen LogP contribution in [0.2, 0.25) is 0 Å². The highest BCUT2D eigenvalue weighted by atomic mass is 32.1. The standard InChI is InChI=1S/C12H18N2OS/c1-3-14-5-4-10(8-14)12-13-7-11(16-12)6-9(2)15/h7,10H,3-6,8H2,1-2H3. The van der Waals surface area contributed by atoms with E-state index in [1.807, 2.05) is 6.20 Å². The Kier molecular flexibility index (Phi) is 3.71. The van der Waals surface area contributed by atoms with Crippen LogP contribution >= 0.6 is 11.3 Å². The molecule has 1 saturated heterocycles. The molecule has 1 aliphatic heterocycles. The van der Waals surface area contributed by atoms with E-state index >= 15 is 0 Å². The van der Waals surface area contributed by atoms with Gasteiger partial charge in [-0.25, -0.2) is 4.98 Å². The molecule has 0 amide bonds. The average Bonchev–Trinajstić information content (AvgIpc) is 2.83. The molecule has 1 aromatic heterocycles. The lowest BCUT2D eigenvalue weighted by atomic mass is 10.1. The van der Waals surface area contributed by atoms with E-state index in [9.17, 15) is 4.79 Å². The average molecular weight is 238 g/mol. The molecule has 1 fully saturated rings. The molecule has 88 valence electrons. The summed E-state index contributed by atoms with van der Waals surface area (Å²) in [4.78, 5) is 19.0. The molecule has 3 nitrogen and oxygen atoms in total. The molecule has 1 unspecified atom stereocenters. The van der Waals surface area contributed by atoms with Crippen LogP contribution in [-0.2, 0) is 11.2 Å². The van der Waals surface area contributed by atoms with E-state index in [0.717, 1.165) is 18.0 Å². The van der Waals surface area contributed by atoms with Crippen molar-refractivity contribution < 1.29 is 4.79 Å². The van der Waals surface area contributed by atoms with E-state index < -0.39 is 0 Å². The van der Waals surface area contributed by atoms with Crippen molar-refractivity contribution in [2.24, 2.45) is 0 Å². The van der Waals surface area contributed by atoms with Crippen molar-refractivity contribution in [3.63, 3.8) is 0 Å². The fourth-order valence-electron chi connectivity index (χ4n) is 2.16. The molecule has 0 spiro atoms. The van der Waals surface area contributed by atoms with Crippen molar-refractivity contribution in [3.05, 3.63) is 16.1 Å². The monoisotopic (exact) mass is 238 g/mol. The number of hydrogen-bond acceptors (Lipinski definition) is 4. The molecule has 2 rings (SSSR count). The lowest BCUT2D eigenvalue weighted by Gasteiger charge is -2.11. The van der Waals surface area contributed by atoms with Crippen molar-refractivity contribution in [2.45, 2.75) is 32.6 Å². The number of likely N-dealkylation sites (tertiary alicyclic amines) is 1. The van der Waals surface area contributed by atoms with Crippen molar-refractivity contribution >= 4 is 17.1 Å². The maximum atomic E-state index is 11.0. The Morgan fingerprint density at radius 1 is 1.69 bits per heavy atom. The predicted molar refractivity (Wildman–Crippen MR) is 66.0 cm³/mol. The van der Waals surface area contributed by atoms with E-state index in [1.54, 1.807) is 18.3 Å². The summed E-state index contributed by atoms with van der Waals surface area (Å²) in [6, 6.07) is 0. The van der Waals surface area contributed by atoms with Crippen molar-refractivity contribution in [3.8, 4) is 0 Å². The number of likely N-dealkylation sites (N-methyl/N-ethyl adjacent to an activating group) is 1. The van der Waals surface area contributed by atoms with Crippen LogP contribution in [0.4, 0.5) is 0 Å². The van der Waals surface area contributed by atoms with Gasteiger partial charge in [0, 0.05) is 30.0 Å². The number of hydrogen-bond donors (Lipinski definition) is 0. The van der Waals surface area contributed by atoms with Crippen molar-refractivity contribution in [2.75, 3.05) is 19.6 Å². The van der Waals surface area contributed by atoms with Gasteiger partial charge in [-0.3, -0.25) is 4.79 Å². The van der Waals surface area contributed by atoms with Crippen LogP contribution in [0.25, 0.3) is 0 Å². The molecule has 1 aliphatic rings. The van der Waals surface area contributed by atoms with Gasteiger partial charge < -0.3 is 4.90 Å². The van der Waals surface area contributed by atoms with Gasteiger partial charge >= 0.3 is 0 Å². The second kappa shape index (κ2) is 5.06. The predicted octanol–water partition coefficient (Wildman–Crippen LogP) is 2.08. The lowest BCUT2D eigenvalue weighted by molar-refractivity contribution is -0.116. The summed E-state index contributed by atoms with van der Waals surface area (Å²) in [6.07, 6.45) is 3.62. The fourth-order valence-corrected chi connectivity index (χ4v) is 3.27. The lowest BCUT2D eigenvalue weighted by Crippen LogP contribution is -2.19. The van der Waals surface area contributed by atoms with Gasteiger partial charge in [0.15, 0.2) is 0 Å². The number of nitrogens with zero attached hydrogens (tertiary/aromatic N) is 2. The van der Waals surface area contributed by atoms with Gasteiger partial charge in [0.05, 0.1) is 5.01 Å². The van der Waals surface area contributed by atoms with E-state index in [-0.39, 0.29) is 5.78 Å². The van der Waals surface area contributed by atoms with Gasteiger partial charge in [-0.1, -0.05) is 6.92 Å². The molecule has 0 bridgehead atoms. The number of carbonyl (C=O) groups is 1. The molecule has 1 atom stereocenters. The van der Waals surface area contributed by atoms with Gasteiger partial charge in [-0.2, -0.15) is 0 Å². The molecule has 0 aliphatic carbocycles. The van der Waals surface area contributed by atoms with E-state index in [1.165, 1.54) is 18.0 Å². The highest BCUT2D eigenvalue weighted by Crippen LogP contribution is 2.30. The highest BCUT2D eigenvalue weighted by Gasteiger charge is 2.25. The van der Waals surface area contributed by atoms with Crippen LogP contribution in [0, 0.1) is 0 Å². The van der Waals surface area contributed by atoms with Crippen LogP contribution in [0.3, 0.4) is 0 Å². The Bertz CT molecular complexity index is 375. The highest BCUT2D eigenvalue weighted by molar-refractivity contribution is 7.11. The van der Waals surface area contributed by atoms with Crippen molar-refractivity contribution in [1.29, 1.82) is 0 Å². The van der Waals surface area contributed by atoms with Crippen LogP contribution in [-0.4, -0.2) is 35.3 Å². The zero-order valence-corrected chi connectivity index (χ0v) is 10.7. The maximum absolute atomic E-state index is 11.0. The quantitative estimate of drug-likeness (QED) is 0.805. The third kappa shape index (κ3) is 2.68. The smallest absolute Gasteiger partial charge is 0.135 e. The van der Waals surface area contributed by atoms with Crippen LogP contribution in [0.5, 0.6) is 0 Å². The van der Waals surface area contributed by atoms with E-state index in [2.05, 4.69) is 16.8 Å². The maximum Gasteiger partial charge on any atom is 0.135 e. The summed E-state index contributed by atoms with van der Waals surface area (Å²) in [5.74, 6) is 0.808. The van der Waals surface area contributed by atoms with Crippen LogP contribution < -0.4 is 0 Å². The van der Waals surface area contributed by atoms with Gasteiger partial charge in [-0.05, 0) is 26.4 Å². The minimum Gasteiger partial charge on any atom is -0.303 e. The Morgan fingerprint density at radius 3 is 3.12 bits per heavy atom. The van der Waals surface area contributed by atoms with Gasteiger partial charge in [0.1, 0.15) is 5.78 Å². The molecule has 0 radical (unpaired) electrons. The minimum absolute atomic E-state index is 0.219. The number of carbonyl (C=O) groups excluding carboxylic acids is 1. The minimum atomic E-state index is 0.219. The number of thiazole rings is 1. The number of Topliss-reactive ketones (excluding diaryl/α,β-unsaturated/α-hetero) is 1. The molecule has 4 heteroatoms. The topological polar surface area (TPSA) is 33.2 Å². The van der Waals surface area contributed by atoms with E-state index in [0.29, 0.717) is 12.3 Å². The molecule has 1 aromatic rings. The fraction of sp³-hybridized carbons (Fsp3) is 0.667. The SMILES string of the molecule is CCN1CCC(c2ncc(CC(C)=O)s2)C1. The normalized spacial score (nSPS) is 21.5. The molecule has 0 aromatic carbocycles. The third-order valence-corrected chi connectivity index (χ3v) is 4.22. The number of rotatable bonds is 4. The Morgan fingerprint density at radius 2 is 2.50 bits per heavy atom. The molecule has 0 N–H and O–H groups in total. The van der Waals surface area contributed by atoms with Gasteiger partial charge in [-0.15, -0.1) is 11.3 Å². The summed E-state index contributed by atoms with van der Waals surface area (Å²) >= 11 is 1.71. The first-order valence-corrected chi connectivity index (χ1v) is 6.67. The first kappa shape index (κ1) is 11.7. The summed E-state index contributed by atoms with van der Waals surface area (Å²) in [5.41, 5.74) is 0. The second-order valence-electron chi connectivity index (χ2n) is 4.42. The Hall–Kier alpha value is -0.740. The van der Waals surface area contributed by atoms with Gasteiger partial charge in [0.25, 0.3) is 0 Å². The number of aromatic nitrogens is 1. The molecule has 0 saturated carbocycles. The summed E-state index contributed by atoms with van der Waals surface area (Å²) in [7, 11) is 0. The zero-order chi connectivity index (χ0) is 11.5. The van der Waals surface area contributed by atoms with Crippen LogP contribution in [0.15, 0.2) is 6.20 Å². The summed E-state index contributed by atoms with van der Waals surface area (Å²) in [5, 5.41) is 1.22. The van der Waals surface area contributed by atoms with E-state index in [4.69, 9.17) is 0 Å². The number of ketones is 1. The Labute approximate surface area is 100 Å². The second-order valence-corrected chi connectivity index (χ2v) is 5.57. The summed E-state index contributed by atoms with van der Waals surface area (Å²) < 4.78 is 0. The first-order valence-electron chi connectivity index (χ1n) is 5.85. The van der Waals surface area contributed by atoms with Crippen molar-refractivity contribution in [1.82, 2.24) is 9.88 Å². The van der Waals surface area contributed by atoms with Crippen LogP contribution in [0.1, 0.15) is 36.1 Å². The molecular weight excluding hydrogens is 220 g/mol. The zero-order valence-electron chi connectivity index (χ0n) is 9.90. The largest absolute Gasteiger partial charge is 0.303 e. The third-order valence-electron chi connectivity index (χ3n) is 3.06. The molecule has 2 heterocycles. The van der Waals surface area contributed by atoms with Gasteiger partial charge in [0.2, 0.25) is 0 Å². The molecular formula is C12H18N2OS. The summed E-state index contributed by atoms with van der Waals surface area (Å²) in [6.45, 7) is 7.27. The first-order chi connectivity index (χ1) is 7.69.